The summed E-state index contributed by atoms with van der Waals surface area (Å²) in [6.45, 7) is 0.509. The molecule has 0 unspecified atom stereocenters. The third-order valence-corrected chi connectivity index (χ3v) is 4.74. The van der Waals surface area contributed by atoms with Gasteiger partial charge in [-0.3, -0.25) is 4.79 Å². The Morgan fingerprint density at radius 3 is 2.81 bits per heavy atom. The number of carbonyl (C=O) groups is 1. The molecule has 2 N–H and O–H groups in total. The van der Waals surface area contributed by atoms with Gasteiger partial charge in [0, 0.05) is 22.9 Å². The van der Waals surface area contributed by atoms with E-state index < -0.39 is 5.91 Å². The number of nitrogens with zero attached hydrogens (tertiary/aromatic N) is 2. The number of aromatic nitrogens is 1. The van der Waals surface area contributed by atoms with Crippen LogP contribution in [-0.4, -0.2) is 10.5 Å². The molecule has 0 aliphatic rings. The Kier molecular flexibility index (Phi) is 3.87. The third kappa shape index (κ3) is 2.50. The molecule has 3 aromatic carbocycles. The van der Waals surface area contributed by atoms with Gasteiger partial charge in [0.25, 0.3) is 0 Å². The summed E-state index contributed by atoms with van der Waals surface area (Å²) in [6, 6.07) is 21.7. The van der Waals surface area contributed by atoms with Crippen LogP contribution in [0.15, 0.2) is 54.6 Å². The zero-order valence-electron chi connectivity index (χ0n) is 13.7. The summed E-state index contributed by atoms with van der Waals surface area (Å²) < 4.78 is 2.03. The lowest BCUT2D eigenvalue weighted by Crippen LogP contribution is -2.11. The van der Waals surface area contributed by atoms with Gasteiger partial charge in [0.15, 0.2) is 0 Å². The largest absolute Gasteiger partial charge is 0.366 e. The number of rotatable bonds is 3. The van der Waals surface area contributed by atoms with E-state index in [9.17, 15) is 4.79 Å². The fourth-order valence-electron chi connectivity index (χ4n) is 3.36. The van der Waals surface area contributed by atoms with Gasteiger partial charge in [-0.1, -0.05) is 35.9 Å². The van der Waals surface area contributed by atoms with Crippen LogP contribution in [-0.2, 0) is 6.54 Å². The van der Waals surface area contributed by atoms with Gasteiger partial charge in [-0.15, -0.1) is 0 Å². The quantitative estimate of drug-likeness (QED) is 0.594. The minimum absolute atomic E-state index is 0.440. The third-order valence-electron chi connectivity index (χ3n) is 4.44. The minimum atomic E-state index is -0.491. The maximum Gasteiger partial charge on any atom is 0.249 e. The van der Waals surface area contributed by atoms with Crippen molar-refractivity contribution < 1.29 is 4.79 Å². The van der Waals surface area contributed by atoms with E-state index in [0.717, 1.165) is 27.4 Å². The highest BCUT2D eigenvalue weighted by Gasteiger charge is 2.18. The highest BCUT2D eigenvalue weighted by molar-refractivity contribution is 6.36. The molecule has 0 aliphatic heterocycles. The number of nitrogens with two attached hydrogens (primary N) is 1. The summed E-state index contributed by atoms with van der Waals surface area (Å²) in [4.78, 5) is 11.9. The fraction of sp³-hybridized carbons (Fsp3) is 0.0476. The van der Waals surface area contributed by atoms with Crippen LogP contribution in [0.2, 0.25) is 5.02 Å². The van der Waals surface area contributed by atoms with E-state index in [4.69, 9.17) is 22.6 Å². The number of fused-ring (bicyclic) bond motifs is 3. The number of carbonyl (C=O) groups excluding carboxylic acids is 1. The molecular weight excluding hydrogens is 346 g/mol. The minimum Gasteiger partial charge on any atom is -0.366 e. The van der Waals surface area contributed by atoms with Crippen molar-refractivity contribution in [2.24, 2.45) is 5.73 Å². The Balaban J connectivity index is 2.05. The van der Waals surface area contributed by atoms with Gasteiger partial charge in [-0.25, -0.2) is 0 Å². The first-order valence-electron chi connectivity index (χ1n) is 8.00. The van der Waals surface area contributed by atoms with Gasteiger partial charge in [0.2, 0.25) is 5.91 Å². The smallest absolute Gasteiger partial charge is 0.249 e. The monoisotopic (exact) mass is 358 g/mol. The topological polar surface area (TPSA) is 71.8 Å². The standard InChI is InChI=1S/C21H13ClN3O/c22-17-8-2-6-15-19-16(21(24)26)7-3-9-18(19)25(20(15)17)12-14-5-1-4-13(10-14)11-23/h1-5,7-10H,12H2,(H2,24,26). The highest BCUT2D eigenvalue weighted by atomic mass is 35.5. The lowest BCUT2D eigenvalue weighted by Gasteiger charge is -2.09. The molecule has 26 heavy (non-hydrogen) atoms. The predicted octanol–water partition coefficient (Wildman–Crippen LogP) is 4.27. The van der Waals surface area contributed by atoms with Gasteiger partial charge in [-0.2, -0.15) is 5.26 Å². The van der Waals surface area contributed by atoms with Crippen molar-refractivity contribution in [1.82, 2.24) is 4.57 Å². The molecule has 5 heteroatoms. The summed E-state index contributed by atoms with van der Waals surface area (Å²) >= 11 is 6.48. The first kappa shape index (κ1) is 16.2. The zero-order valence-corrected chi connectivity index (χ0v) is 14.4. The molecule has 0 atom stereocenters. The molecule has 125 valence electrons. The lowest BCUT2D eigenvalue weighted by molar-refractivity contribution is 0.100. The van der Waals surface area contributed by atoms with Crippen LogP contribution in [0.5, 0.6) is 0 Å². The molecule has 0 saturated carbocycles. The van der Waals surface area contributed by atoms with Gasteiger partial charge in [0.05, 0.1) is 27.7 Å². The van der Waals surface area contributed by atoms with Crippen LogP contribution >= 0.6 is 11.6 Å². The van der Waals surface area contributed by atoms with Crippen LogP contribution in [0.25, 0.3) is 21.8 Å². The maximum atomic E-state index is 11.9. The van der Waals surface area contributed by atoms with Crippen molar-refractivity contribution in [2.75, 3.05) is 0 Å². The fourth-order valence-corrected chi connectivity index (χ4v) is 3.62. The van der Waals surface area contributed by atoms with Crippen LogP contribution < -0.4 is 5.73 Å². The molecule has 1 radical (unpaired) electrons. The van der Waals surface area contributed by atoms with Crippen LogP contribution in [0.1, 0.15) is 21.5 Å². The highest BCUT2D eigenvalue weighted by Crippen LogP contribution is 2.35. The normalized spacial score (nSPS) is 10.9. The Morgan fingerprint density at radius 1 is 1.23 bits per heavy atom. The molecule has 0 aliphatic carbocycles. The second-order valence-electron chi connectivity index (χ2n) is 6.01. The summed E-state index contributed by atoms with van der Waals surface area (Å²) in [5.41, 5.74) is 9.22. The van der Waals surface area contributed by atoms with Crippen LogP contribution in [0.3, 0.4) is 0 Å². The van der Waals surface area contributed by atoms with E-state index in [-0.39, 0.29) is 0 Å². The number of halogens is 1. The molecular formula is C21H13ClN3O. The number of hydrogen-bond donors (Lipinski definition) is 1. The average molecular weight is 359 g/mol. The number of hydrogen-bond acceptors (Lipinski definition) is 2. The van der Waals surface area contributed by atoms with Crippen molar-refractivity contribution in [3.63, 3.8) is 0 Å². The number of primary amides is 1. The predicted molar refractivity (Wildman–Crippen MR) is 102 cm³/mol. The Hall–Kier alpha value is -3.29. The number of benzene rings is 3. The summed E-state index contributed by atoms with van der Waals surface area (Å²) in [5, 5.41) is 11.2. The molecule has 0 fully saturated rings. The van der Waals surface area contributed by atoms with E-state index in [1.54, 1.807) is 30.3 Å². The average Bonchev–Trinajstić information content (AvgIpc) is 2.97. The van der Waals surface area contributed by atoms with E-state index >= 15 is 0 Å². The lowest BCUT2D eigenvalue weighted by atomic mass is 10.1. The van der Waals surface area contributed by atoms with E-state index in [2.05, 4.69) is 12.1 Å². The zero-order chi connectivity index (χ0) is 18.3. The van der Waals surface area contributed by atoms with Crippen molar-refractivity contribution in [1.29, 1.82) is 5.26 Å². The van der Waals surface area contributed by atoms with Gasteiger partial charge in [0.1, 0.15) is 0 Å². The first-order chi connectivity index (χ1) is 12.6. The first-order valence-corrected chi connectivity index (χ1v) is 8.38. The molecule has 1 amide bonds. The number of nitriles is 1. The summed E-state index contributed by atoms with van der Waals surface area (Å²) in [7, 11) is 0. The number of amides is 1. The summed E-state index contributed by atoms with van der Waals surface area (Å²) in [5.74, 6) is -0.491. The van der Waals surface area contributed by atoms with Gasteiger partial charge < -0.3 is 10.3 Å². The Morgan fingerprint density at radius 2 is 2.04 bits per heavy atom. The molecule has 1 aromatic heterocycles. The molecule has 4 aromatic rings. The summed E-state index contributed by atoms with van der Waals surface area (Å²) in [6.07, 6.45) is 0. The second-order valence-corrected chi connectivity index (χ2v) is 6.42. The molecule has 1 heterocycles. The van der Waals surface area contributed by atoms with E-state index in [1.807, 2.05) is 28.8 Å². The van der Waals surface area contributed by atoms with Gasteiger partial charge in [-0.05, 0) is 42.0 Å². The van der Waals surface area contributed by atoms with Crippen molar-refractivity contribution in [3.8, 4) is 6.07 Å². The second kappa shape index (κ2) is 6.21. The van der Waals surface area contributed by atoms with Crippen molar-refractivity contribution >= 4 is 39.3 Å². The molecule has 0 spiro atoms. The molecule has 4 rings (SSSR count). The Bertz CT molecular complexity index is 1220. The van der Waals surface area contributed by atoms with E-state index in [1.165, 1.54) is 0 Å². The van der Waals surface area contributed by atoms with Gasteiger partial charge >= 0.3 is 0 Å². The SMILES string of the molecule is N#Cc1cccc(Cn2c3cccc(C(N)=O)c3c3[c]ccc(Cl)c32)c1. The Labute approximate surface area is 155 Å². The molecule has 0 bridgehead atoms. The maximum absolute atomic E-state index is 11.9. The van der Waals surface area contributed by atoms with Crippen molar-refractivity contribution in [3.05, 3.63) is 82.4 Å². The van der Waals surface area contributed by atoms with E-state index in [0.29, 0.717) is 22.7 Å². The van der Waals surface area contributed by atoms with Crippen molar-refractivity contribution in [2.45, 2.75) is 6.54 Å². The molecule has 4 nitrogen and oxygen atoms in total. The van der Waals surface area contributed by atoms with Crippen LogP contribution in [0, 0.1) is 17.4 Å². The van der Waals surface area contributed by atoms with Crippen LogP contribution in [0.4, 0.5) is 0 Å². The molecule has 0 saturated heterocycles.